The molecule has 3 N–H and O–H groups in total. The largest absolute Gasteiger partial charge is 0.350 e. The number of benzene rings is 1. The summed E-state index contributed by atoms with van der Waals surface area (Å²) >= 11 is 0. The Balaban J connectivity index is 0.00000196. The Morgan fingerprint density at radius 3 is 2.80 bits per heavy atom. The summed E-state index contributed by atoms with van der Waals surface area (Å²) in [5, 5.41) is 12.3. The van der Waals surface area contributed by atoms with Gasteiger partial charge in [0.25, 0.3) is 0 Å². The first-order valence-electron chi connectivity index (χ1n) is 3.81. The molecule has 1 aromatic carbocycles. The second kappa shape index (κ2) is 6.40. The van der Waals surface area contributed by atoms with E-state index >= 15 is 0 Å². The Morgan fingerprint density at radius 2 is 2.20 bits per heavy atom. The number of nitriles is 1. The van der Waals surface area contributed by atoms with Crippen molar-refractivity contribution in [2.75, 3.05) is 0 Å². The van der Waals surface area contributed by atoms with Crippen molar-refractivity contribution in [1.29, 1.82) is 5.26 Å². The molecule has 0 aliphatic heterocycles. The highest BCUT2D eigenvalue weighted by molar-refractivity contribution is 5.85. The summed E-state index contributed by atoms with van der Waals surface area (Å²) in [5.41, 5.74) is 7.96. The molecule has 0 aliphatic carbocycles. The van der Waals surface area contributed by atoms with Gasteiger partial charge in [-0.1, -0.05) is 18.2 Å². The highest BCUT2D eigenvalue weighted by atomic mass is 35.5. The highest BCUT2D eigenvalue weighted by Crippen LogP contribution is 2.03. The lowest BCUT2D eigenvalue weighted by atomic mass is 10.1. The zero-order valence-corrected chi connectivity index (χ0v) is 8.49. The molecule has 5 nitrogen and oxygen atoms in total. The van der Waals surface area contributed by atoms with E-state index in [1.165, 1.54) is 6.21 Å². The number of hydrazone groups is 1. The van der Waals surface area contributed by atoms with E-state index in [2.05, 4.69) is 5.10 Å². The standard InChI is InChI=1S/C9H8N4O.ClH/c10-5-7-3-1-2-4-8(7)6-12-13-9(11)14;/h1-4,6H,(H3,11,13,14);1H/b12-6+;. The molecule has 0 saturated heterocycles. The van der Waals surface area contributed by atoms with Crippen molar-refractivity contribution in [2.45, 2.75) is 0 Å². The van der Waals surface area contributed by atoms with E-state index in [-0.39, 0.29) is 12.4 Å². The molecule has 0 spiro atoms. The van der Waals surface area contributed by atoms with Crippen LogP contribution in [0.15, 0.2) is 29.4 Å². The molecule has 1 rings (SSSR count). The number of halogens is 1. The molecule has 0 atom stereocenters. The van der Waals surface area contributed by atoms with Gasteiger partial charge in [0.1, 0.15) is 0 Å². The van der Waals surface area contributed by atoms with Crippen molar-refractivity contribution in [2.24, 2.45) is 10.8 Å². The van der Waals surface area contributed by atoms with Gasteiger partial charge in [-0.25, -0.2) is 10.2 Å². The van der Waals surface area contributed by atoms with Crippen molar-refractivity contribution in [1.82, 2.24) is 5.43 Å². The molecule has 0 heterocycles. The Hall–Kier alpha value is -2.06. The maximum atomic E-state index is 10.3. The number of urea groups is 1. The number of carbonyl (C=O) groups is 1. The van der Waals surface area contributed by atoms with Gasteiger partial charge in [0, 0.05) is 5.56 Å². The fourth-order valence-electron chi connectivity index (χ4n) is 0.877. The monoisotopic (exact) mass is 224 g/mol. The second-order valence-electron chi connectivity index (χ2n) is 2.43. The maximum absolute atomic E-state index is 10.3. The average Bonchev–Trinajstić information content (AvgIpc) is 2.18. The van der Waals surface area contributed by atoms with Crippen LogP contribution in [0.3, 0.4) is 0 Å². The van der Waals surface area contributed by atoms with Gasteiger partial charge in [-0.3, -0.25) is 0 Å². The molecule has 1 aromatic rings. The van der Waals surface area contributed by atoms with Crippen LogP contribution in [0, 0.1) is 11.3 Å². The molecule has 0 saturated carbocycles. The van der Waals surface area contributed by atoms with Crippen LogP contribution >= 0.6 is 12.4 Å². The predicted octanol–water partition coefficient (Wildman–Crippen LogP) is 0.982. The summed E-state index contributed by atoms with van der Waals surface area (Å²) in [6.45, 7) is 0. The highest BCUT2D eigenvalue weighted by Gasteiger charge is 1.96. The molecule has 2 amide bonds. The van der Waals surface area contributed by atoms with Crippen LogP contribution in [-0.2, 0) is 0 Å². The summed E-state index contributed by atoms with van der Waals surface area (Å²) < 4.78 is 0. The predicted molar refractivity (Wildman–Crippen MR) is 58.7 cm³/mol. The minimum atomic E-state index is -0.740. The number of nitrogens with zero attached hydrogens (tertiary/aromatic N) is 2. The lowest BCUT2D eigenvalue weighted by Gasteiger charge is -1.95. The van der Waals surface area contributed by atoms with Gasteiger partial charge in [-0.2, -0.15) is 10.4 Å². The van der Waals surface area contributed by atoms with Gasteiger partial charge in [-0.15, -0.1) is 12.4 Å². The Morgan fingerprint density at radius 1 is 1.53 bits per heavy atom. The molecule has 0 aromatic heterocycles. The fraction of sp³-hybridized carbons (Fsp3) is 0. The Labute approximate surface area is 93.0 Å². The van der Waals surface area contributed by atoms with E-state index < -0.39 is 6.03 Å². The van der Waals surface area contributed by atoms with E-state index in [0.717, 1.165) is 0 Å². The molecule has 0 radical (unpaired) electrons. The van der Waals surface area contributed by atoms with Gasteiger partial charge in [-0.05, 0) is 6.07 Å². The average molecular weight is 225 g/mol. The van der Waals surface area contributed by atoms with E-state index in [1.807, 2.05) is 11.5 Å². The molecule has 0 aliphatic rings. The van der Waals surface area contributed by atoms with Gasteiger partial charge in [0.15, 0.2) is 0 Å². The van der Waals surface area contributed by atoms with Crippen LogP contribution in [0.4, 0.5) is 4.79 Å². The van der Waals surface area contributed by atoms with Crippen LogP contribution in [0.25, 0.3) is 0 Å². The Bertz CT molecular complexity index is 411. The van der Waals surface area contributed by atoms with Gasteiger partial charge >= 0.3 is 6.03 Å². The third-order valence-corrected chi connectivity index (χ3v) is 1.46. The van der Waals surface area contributed by atoms with Gasteiger partial charge in [0.05, 0.1) is 17.8 Å². The van der Waals surface area contributed by atoms with Crippen LogP contribution in [0.1, 0.15) is 11.1 Å². The number of carbonyl (C=O) groups excluding carboxylic acids is 1. The maximum Gasteiger partial charge on any atom is 0.332 e. The summed E-state index contributed by atoms with van der Waals surface area (Å²) in [7, 11) is 0. The quantitative estimate of drug-likeness (QED) is 0.579. The summed E-state index contributed by atoms with van der Waals surface area (Å²) in [5.74, 6) is 0. The van der Waals surface area contributed by atoms with E-state index in [0.29, 0.717) is 11.1 Å². The number of nitrogens with two attached hydrogens (primary N) is 1. The topological polar surface area (TPSA) is 91.3 Å². The van der Waals surface area contributed by atoms with Crippen LogP contribution < -0.4 is 11.2 Å². The van der Waals surface area contributed by atoms with Crippen molar-refractivity contribution < 1.29 is 4.79 Å². The van der Waals surface area contributed by atoms with Crippen molar-refractivity contribution >= 4 is 24.7 Å². The SMILES string of the molecule is Cl.N#Cc1ccccc1/C=N/NC(N)=O. The van der Waals surface area contributed by atoms with E-state index in [9.17, 15) is 4.79 Å². The minimum Gasteiger partial charge on any atom is -0.350 e. The summed E-state index contributed by atoms with van der Waals surface area (Å²) in [6.07, 6.45) is 1.36. The van der Waals surface area contributed by atoms with Crippen LogP contribution in [0.5, 0.6) is 0 Å². The third-order valence-electron chi connectivity index (χ3n) is 1.46. The number of hydrogen-bond acceptors (Lipinski definition) is 3. The lowest BCUT2D eigenvalue weighted by molar-refractivity contribution is 0.249. The van der Waals surface area contributed by atoms with Crippen LogP contribution in [-0.4, -0.2) is 12.2 Å². The Kier molecular flexibility index (Phi) is 5.52. The van der Waals surface area contributed by atoms with Crippen molar-refractivity contribution in [3.63, 3.8) is 0 Å². The molecule has 6 heteroatoms. The normalized spacial score (nSPS) is 9.00. The first-order valence-corrected chi connectivity index (χ1v) is 3.81. The number of primary amides is 1. The van der Waals surface area contributed by atoms with Crippen molar-refractivity contribution in [3.8, 4) is 6.07 Å². The zero-order chi connectivity index (χ0) is 10.4. The smallest absolute Gasteiger partial charge is 0.332 e. The van der Waals surface area contributed by atoms with Gasteiger partial charge < -0.3 is 5.73 Å². The molecule has 0 bridgehead atoms. The molecule has 78 valence electrons. The number of rotatable bonds is 2. The fourth-order valence-corrected chi connectivity index (χ4v) is 0.877. The first-order chi connectivity index (χ1) is 6.74. The number of nitrogens with one attached hydrogen (secondary N) is 1. The lowest BCUT2D eigenvalue weighted by Crippen LogP contribution is -2.24. The molecule has 15 heavy (non-hydrogen) atoms. The third kappa shape index (κ3) is 4.11. The minimum absolute atomic E-state index is 0. The summed E-state index contributed by atoms with van der Waals surface area (Å²) in [4.78, 5) is 10.3. The molecule has 0 unspecified atom stereocenters. The number of amides is 2. The van der Waals surface area contributed by atoms with Crippen LogP contribution in [0.2, 0.25) is 0 Å². The first kappa shape index (κ1) is 12.9. The number of hydrogen-bond donors (Lipinski definition) is 2. The van der Waals surface area contributed by atoms with E-state index in [1.54, 1.807) is 24.3 Å². The van der Waals surface area contributed by atoms with E-state index in [4.69, 9.17) is 11.0 Å². The second-order valence-corrected chi connectivity index (χ2v) is 2.43. The van der Waals surface area contributed by atoms with Gasteiger partial charge in [0.2, 0.25) is 0 Å². The molecular formula is C9H9ClN4O. The molecular weight excluding hydrogens is 216 g/mol. The molecule has 0 fully saturated rings. The summed E-state index contributed by atoms with van der Waals surface area (Å²) in [6, 6.07) is 8.15. The zero-order valence-electron chi connectivity index (χ0n) is 7.68. The van der Waals surface area contributed by atoms with Crippen molar-refractivity contribution in [3.05, 3.63) is 35.4 Å².